The molecule has 0 atom stereocenters. The number of rotatable bonds is 7. The second-order valence-electron chi connectivity index (χ2n) is 4.79. The highest BCUT2D eigenvalue weighted by atomic mass is 35.5. The van der Waals surface area contributed by atoms with Gasteiger partial charge in [-0.3, -0.25) is 0 Å². The number of hydrogen-bond acceptors (Lipinski definition) is 3. The molecule has 0 aliphatic rings. The first kappa shape index (κ1) is 15.8. The zero-order valence-corrected chi connectivity index (χ0v) is 13.1. The number of ether oxygens (including phenoxy) is 2. The molecule has 21 heavy (non-hydrogen) atoms. The highest BCUT2D eigenvalue weighted by Gasteiger charge is 2.05. The summed E-state index contributed by atoms with van der Waals surface area (Å²) < 4.78 is 11.0. The van der Waals surface area contributed by atoms with E-state index in [1.807, 2.05) is 43.3 Å². The summed E-state index contributed by atoms with van der Waals surface area (Å²) in [6.45, 7) is 4.21. The molecule has 0 spiro atoms. The highest BCUT2D eigenvalue weighted by molar-refractivity contribution is 6.31. The van der Waals surface area contributed by atoms with Crippen LogP contribution in [0.25, 0.3) is 0 Å². The normalized spacial score (nSPS) is 10.6. The van der Waals surface area contributed by atoms with Gasteiger partial charge in [0.2, 0.25) is 0 Å². The minimum Gasteiger partial charge on any atom is -0.457 e. The van der Waals surface area contributed by atoms with Gasteiger partial charge in [0.1, 0.15) is 11.5 Å². The zero-order chi connectivity index (χ0) is 15.1. The van der Waals surface area contributed by atoms with Crippen molar-refractivity contribution in [1.82, 2.24) is 5.32 Å². The van der Waals surface area contributed by atoms with Crippen LogP contribution in [0.15, 0.2) is 42.5 Å². The van der Waals surface area contributed by atoms with Crippen LogP contribution in [-0.4, -0.2) is 20.3 Å². The summed E-state index contributed by atoms with van der Waals surface area (Å²) in [5, 5.41) is 4.07. The minimum absolute atomic E-state index is 0.694. The molecule has 2 aromatic carbocycles. The van der Waals surface area contributed by atoms with Crippen molar-refractivity contribution in [1.29, 1.82) is 0 Å². The zero-order valence-electron chi connectivity index (χ0n) is 12.4. The Morgan fingerprint density at radius 3 is 2.71 bits per heavy atom. The number of nitrogens with one attached hydrogen (secondary N) is 1. The molecular formula is C17H20ClNO2. The summed E-state index contributed by atoms with van der Waals surface area (Å²) in [7, 11) is 1.70. The maximum Gasteiger partial charge on any atom is 0.131 e. The van der Waals surface area contributed by atoms with Gasteiger partial charge >= 0.3 is 0 Å². The van der Waals surface area contributed by atoms with Crippen LogP contribution in [0, 0.1) is 6.92 Å². The van der Waals surface area contributed by atoms with Gasteiger partial charge in [-0.1, -0.05) is 29.8 Å². The van der Waals surface area contributed by atoms with Crippen molar-refractivity contribution in [2.75, 3.05) is 20.3 Å². The Balaban J connectivity index is 2.06. The second-order valence-corrected chi connectivity index (χ2v) is 5.20. The number of benzene rings is 2. The Morgan fingerprint density at radius 2 is 1.95 bits per heavy atom. The van der Waals surface area contributed by atoms with Crippen molar-refractivity contribution in [2.24, 2.45) is 0 Å². The van der Waals surface area contributed by atoms with Crippen LogP contribution in [0.3, 0.4) is 0 Å². The third-order valence-electron chi connectivity index (χ3n) is 3.13. The summed E-state index contributed by atoms with van der Waals surface area (Å²) >= 11 is 6.04. The molecule has 0 bridgehead atoms. The van der Waals surface area contributed by atoms with E-state index in [9.17, 15) is 0 Å². The fraction of sp³-hybridized carbons (Fsp3) is 0.294. The third-order valence-corrected chi connectivity index (χ3v) is 3.55. The van der Waals surface area contributed by atoms with Gasteiger partial charge in [-0.15, -0.1) is 0 Å². The number of halogens is 1. The highest BCUT2D eigenvalue weighted by Crippen LogP contribution is 2.28. The predicted octanol–water partition coefficient (Wildman–Crippen LogP) is 4.18. The first-order chi connectivity index (χ1) is 10.2. The van der Waals surface area contributed by atoms with E-state index in [1.54, 1.807) is 7.11 Å². The van der Waals surface area contributed by atoms with E-state index in [1.165, 1.54) is 0 Å². The Bertz CT molecular complexity index is 587. The molecule has 0 heterocycles. The first-order valence-corrected chi connectivity index (χ1v) is 7.30. The van der Waals surface area contributed by atoms with Crippen LogP contribution in [0.1, 0.15) is 11.1 Å². The Kier molecular flexibility index (Phi) is 6.05. The average molecular weight is 306 g/mol. The number of methoxy groups -OCH3 is 1. The average Bonchev–Trinajstić information content (AvgIpc) is 2.49. The standard InChI is InChI=1S/C17H20ClNO2/c1-13-11-15(7-8-16(13)18)21-17-6-4-3-5-14(17)12-19-9-10-20-2/h3-8,11,19H,9-10,12H2,1-2H3. The molecule has 0 saturated carbocycles. The molecule has 0 unspecified atom stereocenters. The maximum absolute atomic E-state index is 6.04. The quantitative estimate of drug-likeness (QED) is 0.779. The van der Waals surface area contributed by atoms with E-state index in [0.717, 1.165) is 40.7 Å². The van der Waals surface area contributed by atoms with Gasteiger partial charge < -0.3 is 14.8 Å². The molecule has 0 aliphatic heterocycles. The molecule has 0 saturated heterocycles. The topological polar surface area (TPSA) is 30.5 Å². The lowest BCUT2D eigenvalue weighted by Gasteiger charge is -2.12. The SMILES string of the molecule is COCCNCc1ccccc1Oc1ccc(Cl)c(C)c1. The predicted molar refractivity (Wildman–Crippen MR) is 86.3 cm³/mol. The number of para-hydroxylation sites is 1. The Morgan fingerprint density at radius 1 is 1.14 bits per heavy atom. The van der Waals surface area contributed by atoms with E-state index >= 15 is 0 Å². The van der Waals surface area contributed by atoms with E-state index in [2.05, 4.69) is 11.4 Å². The molecule has 0 fully saturated rings. The van der Waals surface area contributed by atoms with Crippen LogP contribution in [-0.2, 0) is 11.3 Å². The third kappa shape index (κ3) is 4.74. The summed E-state index contributed by atoms with van der Waals surface area (Å²) in [4.78, 5) is 0. The largest absolute Gasteiger partial charge is 0.457 e. The Hall–Kier alpha value is -1.55. The lowest BCUT2D eigenvalue weighted by molar-refractivity contribution is 0.199. The van der Waals surface area contributed by atoms with E-state index in [4.69, 9.17) is 21.1 Å². The van der Waals surface area contributed by atoms with E-state index in [0.29, 0.717) is 6.61 Å². The lowest BCUT2D eigenvalue weighted by Crippen LogP contribution is -2.18. The van der Waals surface area contributed by atoms with Gasteiger partial charge in [0, 0.05) is 30.8 Å². The van der Waals surface area contributed by atoms with Crippen LogP contribution in [0.4, 0.5) is 0 Å². The van der Waals surface area contributed by atoms with Crippen LogP contribution < -0.4 is 10.1 Å². The van der Waals surface area contributed by atoms with Crippen molar-refractivity contribution < 1.29 is 9.47 Å². The maximum atomic E-state index is 6.04. The molecule has 1 N–H and O–H groups in total. The van der Waals surface area contributed by atoms with Gasteiger partial charge in [0.25, 0.3) is 0 Å². The molecule has 0 aliphatic carbocycles. The van der Waals surface area contributed by atoms with Crippen LogP contribution >= 0.6 is 11.6 Å². The minimum atomic E-state index is 0.694. The van der Waals surface area contributed by atoms with Crippen molar-refractivity contribution in [2.45, 2.75) is 13.5 Å². The van der Waals surface area contributed by atoms with Gasteiger partial charge in [-0.25, -0.2) is 0 Å². The van der Waals surface area contributed by atoms with E-state index < -0.39 is 0 Å². The Labute approximate surface area is 130 Å². The van der Waals surface area contributed by atoms with Crippen molar-refractivity contribution in [3.8, 4) is 11.5 Å². The molecular weight excluding hydrogens is 286 g/mol. The first-order valence-electron chi connectivity index (χ1n) is 6.92. The van der Waals surface area contributed by atoms with E-state index in [-0.39, 0.29) is 0 Å². The molecule has 2 aromatic rings. The number of aryl methyl sites for hydroxylation is 1. The summed E-state index contributed by atoms with van der Waals surface area (Å²) in [6, 6.07) is 13.7. The monoisotopic (exact) mass is 305 g/mol. The fourth-order valence-corrected chi connectivity index (χ4v) is 2.07. The van der Waals surface area contributed by atoms with Crippen molar-refractivity contribution >= 4 is 11.6 Å². The van der Waals surface area contributed by atoms with Gasteiger partial charge in [-0.05, 0) is 36.8 Å². The molecule has 0 amide bonds. The van der Waals surface area contributed by atoms with Crippen LogP contribution in [0.2, 0.25) is 5.02 Å². The van der Waals surface area contributed by atoms with Crippen LogP contribution in [0.5, 0.6) is 11.5 Å². The lowest BCUT2D eigenvalue weighted by atomic mass is 10.2. The molecule has 0 aromatic heterocycles. The number of hydrogen-bond donors (Lipinski definition) is 1. The van der Waals surface area contributed by atoms with Crippen molar-refractivity contribution in [3.05, 3.63) is 58.6 Å². The molecule has 112 valence electrons. The molecule has 4 heteroatoms. The van der Waals surface area contributed by atoms with Gasteiger partial charge in [0.15, 0.2) is 0 Å². The van der Waals surface area contributed by atoms with Crippen molar-refractivity contribution in [3.63, 3.8) is 0 Å². The molecule has 2 rings (SSSR count). The van der Waals surface area contributed by atoms with Gasteiger partial charge in [0.05, 0.1) is 6.61 Å². The van der Waals surface area contributed by atoms with Gasteiger partial charge in [-0.2, -0.15) is 0 Å². The fourth-order valence-electron chi connectivity index (χ4n) is 1.95. The summed E-state index contributed by atoms with van der Waals surface area (Å²) in [5.41, 5.74) is 2.12. The molecule has 3 nitrogen and oxygen atoms in total. The molecule has 0 radical (unpaired) electrons. The smallest absolute Gasteiger partial charge is 0.131 e. The summed E-state index contributed by atoms with van der Waals surface area (Å²) in [6.07, 6.45) is 0. The summed E-state index contributed by atoms with van der Waals surface area (Å²) in [5.74, 6) is 1.64. The second kappa shape index (κ2) is 8.03.